The number of carbonyl (C=O) groups excluding carboxylic acids is 1. The number of benzene rings is 2. The summed E-state index contributed by atoms with van der Waals surface area (Å²) in [6, 6.07) is 17.6. The first kappa shape index (κ1) is 27.0. The Hall–Kier alpha value is -3.02. The number of hydrogen-bond acceptors (Lipinski definition) is 4. The fraction of sp³-hybridized carbons (Fsp3) is 0.438. The van der Waals surface area contributed by atoms with Gasteiger partial charge in [-0.3, -0.25) is 9.59 Å². The number of rotatable bonds is 11. The van der Waals surface area contributed by atoms with Gasteiger partial charge in [0, 0.05) is 31.0 Å². The van der Waals surface area contributed by atoms with E-state index in [2.05, 4.69) is 59.5 Å². The molecule has 2 aliphatic rings. The van der Waals surface area contributed by atoms with Crippen LogP contribution in [0.4, 0.5) is 0 Å². The molecule has 0 amide bonds. The molecular weight excluding hydrogens is 462 g/mol. The third-order valence-electron chi connectivity index (χ3n) is 7.75. The van der Waals surface area contributed by atoms with Crippen LogP contribution in [-0.2, 0) is 14.9 Å². The van der Waals surface area contributed by atoms with Crippen molar-refractivity contribution in [3.05, 3.63) is 95.6 Å². The van der Waals surface area contributed by atoms with Gasteiger partial charge in [0.15, 0.2) is 5.78 Å². The lowest BCUT2D eigenvalue weighted by Crippen LogP contribution is -2.38. The van der Waals surface area contributed by atoms with Gasteiger partial charge in [-0.25, -0.2) is 0 Å². The van der Waals surface area contributed by atoms with E-state index in [-0.39, 0.29) is 18.0 Å². The van der Waals surface area contributed by atoms with Crippen molar-refractivity contribution in [3.8, 4) is 0 Å². The zero-order valence-electron chi connectivity index (χ0n) is 22.0. The Balaban J connectivity index is 1.22. The standard InChI is InChI=1S/C32H39NO4/c1-32(2,31(35)36)27-17-15-24(16-18-27)29(34)14-9-21-33-22-19-28(20-23-33)37-30(25-10-5-3-6-11-25)26-12-7-4-8-13-26/h3-8,10-12,15-18,26,28,30H,9,13-14,19-23H2,1-2H3,(H,35,36). The molecule has 0 radical (unpaired) electrons. The molecule has 4 rings (SSSR count). The molecule has 0 saturated carbocycles. The fourth-order valence-corrected chi connectivity index (χ4v) is 5.17. The minimum atomic E-state index is -0.970. The molecule has 5 nitrogen and oxygen atoms in total. The topological polar surface area (TPSA) is 66.8 Å². The lowest BCUT2D eigenvalue weighted by molar-refractivity contribution is -0.142. The minimum Gasteiger partial charge on any atom is -0.481 e. The summed E-state index contributed by atoms with van der Waals surface area (Å²) in [7, 11) is 0. The molecule has 1 aliphatic heterocycles. The van der Waals surface area contributed by atoms with Crippen molar-refractivity contribution >= 4 is 11.8 Å². The average Bonchev–Trinajstić information content (AvgIpc) is 2.93. The number of likely N-dealkylation sites (tertiary alicyclic amines) is 1. The molecule has 2 unspecified atom stereocenters. The number of nitrogens with zero attached hydrogens (tertiary/aromatic N) is 1. The first-order valence-electron chi connectivity index (χ1n) is 13.5. The highest BCUT2D eigenvalue weighted by molar-refractivity contribution is 5.96. The molecule has 1 saturated heterocycles. The number of carboxylic acid groups (broad SMARTS) is 1. The monoisotopic (exact) mass is 501 g/mol. The highest BCUT2D eigenvalue weighted by atomic mass is 16.5. The summed E-state index contributed by atoms with van der Waals surface area (Å²) in [6.07, 6.45) is 13.4. The third kappa shape index (κ3) is 7.06. The Morgan fingerprint density at radius 1 is 1.03 bits per heavy atom. The number of carbonyl (C=O) groups is 2. The van der Waals surface area contributed by atoms with Crippen LogP contribution in [0.15, 0.2) is 78.9 Å². The summed E-state index contributed by atoms with van der Waals surface area (Å²) in [5, 5.41) is 9.40. The van der Waals surface area contributed by atoms with Crippen molar-refractivity contribution in [2.75, 3.05) is 19.6 Å². The van der Waals surface area contributed by atoms with Crippen LogP contribution >= 0.6 is 0 Å². The maximum atomic E-state index is 12.7. The number of ketones is 1. The molecule has 0 bridgehead atoms. The van der Waals surface area contributed by atoms with E-state index in [9.17, 15) is 14.7 Å². The summed E-state index contributed by atoms with van der Waals surface area (Å²) in [4.78, 5) is 26.6. The lowest BCUT2D eigenvalue weighted by atomic mass is 9.84. The highest BCUT2D eigenvalue weighted by Gasteiger charge is 2.30. The number of carboxylic acids is 1. The number of aliphatic carboxylic acids is 1. The van der Waals surface area contributed by atoms with Gasteiger partial charge in [0.2, 0.25) is 0 Å². The van der Waals surface area contributed by atoms with E-state index in [0.29, 0.717) is 23.5 Å². The Labute approximate surface area is 220 Å². The van der Waals surface area contributed by atoms with Crippen LogP contribution in [0.3, 0.4) is 0 Å². The molecule has 0 spiro atoms. The van der Waals surface area contributed by atoms with Gasteiger partial charge in [0.1, 0.15) is 0 Å². The van der Waals surface area contributed by atoms with Crippen LogP contribution in [0.5, 0.6) is 0 Å². The normalized spacial score (nSPS) is 19.6. The molecule has 5 heteroatoms. The molecule has 2 atom stereocenters. The molecule has 1 N–H and O–H groups in total. The first-order valence-corrected chi connectivity index (χ1v) is 13.5. The van der Waals surface area contributed by atoms with Crippen molar-refractivity contribution in [1.29, 1.82) is 0 Å². The number of piperidine rings is 1. The van der Waals surface area contributed by atoms with Crippen molar-refractivity contribution in [2.24, 2.45) is 5.92 Å². The molecule has 0 aromatic heterocycles. The SMILES string of the molecule is CC(C)(C(=O)O)c1ccc(C(=O)CCCN2CCC(OC(c3ccccc3)C3C=CC=CC3)CC2)cc1. The Morgan fingerprint density at radius 3 is 2.35 bits per heavy atom. The third-order valence-corrected chi connectivity index (χ3v) is 7.75. The van der Waals surface area contributed by atoms with E-state index in [1.54, 1.807) is 38.1 Å². The van der Waals surface area contributed by atoms with Crippen LogP contribution in [0.1, 0.15) is 73.5 Å². The smallest absolute Gasteiger partial charge is 0.313 e. The van der Waals surface area contributed by atoms with Crippen molar-refractivity contribution in [1.82, 2.24) is 4.90 Å². The Morgan fingerprint density at radius 2 is 1.73 bits per heavy atom. The van der Waals surface area contributed by atoms with Gasteiger partial charge < -0.3 is 14.7 Å². The van der Waals surface area contributed by atoms with Gasteiger partial charge in [0.05, 0.1) is 17.6 Å². The second-order valence-corrected chi connectivity index (χ2v) is 10.8. The molecule has 1 aliphatic carbocycles. The summed E-state index contributed by atoms with van der Waals surface area (Å²) in [6.45, 7) is 6.22. The van der Waals surface area contributed by atoms with Crippen molar-refractivity contribution in [2.45, 2.75) is 63.6 Å². The molecule has 1 fully saturated rings. The average molecular weight is 502 g/mol. The second kappa shape index (κ2) is 12.5. The van der Waals surface area contributed by atoms with E-state index in [0.717, 1.165) is 45.3 Å². The van der Waals surface area contributed by atoms with Gasteiger partial charge >= 0.3 is 5.97 Å². The number of ether oxygens (including phenoxy) is 1. The van der Waals surface area contributed by atoms with Crippen molar-refractivity contribution in [3.63, 3.8) is 0 Å². The van der Waals surface area contributed by atoms with Crippen molar-refractivity contribution < 1.29 is 19.4 Å². The Bertz CT molecular complexity index is 1100. The second-order valence-electron chi connectivity index (χ2n) is 10.8. The largest absolute Gasteiger partial charge is 0.481 e. The van der Waals surface area contributed by atoms with Gasteiger partial charge in [-0.05, 0) is 57.2 Å². The van der Waals surface area contributed by atoms with E-state index >= 15 is 0 Å². The molecule has 196 valence electrons. The fourth-order valence-electron chi connectivity index (χ4n) is 5.17. The molecule has 2 aromatic carbocycles. The van der Waals surface area contributed by atoms with E-state index in [4.69, 9.17) is 4.74 Å². The summed E-state index contributed by atoms with van der Waals surface area (Å²) in [5.74, 6) is -0.404. The number of hydrogen-bond donors (Lipinski definition) is 1. The summed E-state index contributed by atoms with van der Waals surface area (Å²) < 4.78 is 6.71. The van der Waals surface area contributed by atoms with E-state index < -0.39 is 11.4 Å². The van der Waals surface area contributed by atoms with E-state index in [1.807, 2.05) is 0 Å². The number of allylic oxidation sites excluding steroid dienone is 3. The summed E-state index contributed by atoms with van der Waals surface area (Å²) in [5.41, 5.74) is 1.62. The number of Topliss-reactive ketones (excluding diaryl/α,β-unsaturated/α-hetero) is 1. The quantitative estimate of drug-likeness (QED) is 0.363. The van der Waals surface area contributed by atoms with E-state index in [1.165, 1.54) is 5.56 Å². The predicted octanol–water partition coefficient (Wildman–Crippen LogP) is 6.37. The van der Waals surface area contributed by atoms with Crippen LogP contribution in [0, 0.1) is 5.92 Å². The summed E-state index contributed by atoms with van der Waals surface area (Å²) >= 11 is 0. The molecular formula is C32H39NO4. The van der Waals surface area contributed by atoms with Crippen LogP contribution in [0.2, 0.25) is 0 Å². The van der Waals surface area contributed by atoms with Crippen LogP contribution in [0.25, 0.3) is 0 Å². The van der Waals surface area contributed by atoms with Gasteiger partial charge in [-0.2, -0.15) is 0 Å². The van der Waals surface area contributed by atoms with Gasteiger partial charge in [-0.15, -0.1) is 0 Å². The maximum Gasteiger partial charge on any atom is 0.313 e. The predicted molar refractivity (Wildman–Crippen MR) is 147 cm³/mol. The zero-order chi connectivity index (χ0) is 26.3. The van der Waals surface area contributed by atoms with Crippen LogP contribution < -0.4 is 0 Å². The molecule has 1 heterocycles. The zero-order valence-corrected chi connectivity index (χ0v) is 22.0. The molecule has 37 heavy (non-hydrogen) atoms. The Kier molecular flexibility index (Phi) is 9.12. The first-order chi connectivity index (χ1) is 17.8. The highest BCUT2D eigenvalue weighted by Crippen LogP contribution is 2.34. The van der Waals surface area contributed by atoms with Gasteiger partial charge in [-0.1, -0.05) is 78.9 Å². The van der Waals surface area contributed by atoms with Crippen LogP contribution in [-0.4, -0.2) is 47.5 Å². The lowest BCUT2D eigenvalue weighted by Gasteiger charge is -2.36. The molecule has 2 aromatic rings. The van der Waals surface area contributed by atoms with Gasteiger partial charge in [0.25, 0.3) is 0 Å². The maximum absolute atomic E-state index is 12.7. The minimum absolute atomic E-state index is 0.0732.